The monoisotopic (exact) mass is 481 g/mol. The summed E-state index contributed by atoms with van der Waals surface area (Å²) in [5.41, 5.74) is 3.02. The smallest absolute Gasteiger partial charge is 0.241 e. The molecule has 1 amide bonds. The number of hydrogen-bond donors (Lipinski definition) is 0. The van der Waals surface area contributed by atoms with Gasteiger partial charge in [-0.2, -0.15) is 0 Å². The number of halogens is 1. The quantitative estimate of drug-likeness (QED) is 0.381. The Labute approximate surface area is 202 Å². The summed E-state index contributed by atoms with van der Waals surface area (Å²) in [7, 11) is 1.58. The topological polar surface area (TPSA) is 38.8 Å². The van der Waals surface area contributed by atoms with E-state index in [2.05, 4.69) is 12.1 Å². The minimum Gasteiger partial charge on any atom is -0.493 e. The molecule has 4 nitrogen and oxygen atoms in total. The first-order chi connectivity index (χ1) is 16.0. The number of thioether (sulfide) groups is 1. The molecular weight excluding hydrogens is 457 g/mol. The average molecular weight is 482 g/mol. The van der Waals surface area contributed by atoms with Crippen molar-refractivity contribution in [1.82, 2.24) is 4.90 Å². The molecule has 3 aromatic carbocycles. The van der Waals surface area contributed by atoms with Crippen LogP contribution in [0.2, 0.25) is 0 Å². The third kappa shape index (κ3) is 5.92. The van der Waals surface area contributed by atoms with Gasteiger partial charge in [-0.15, -0.1) is 0 Å². The Morgan fingerprint density at radius 3 is 2.42 bits per heavy atom. The first-order valence-corrected chi connectivity index (χ1v) is 11.9. The van der Waals surface area contributed by atoms with Crippen molar-refractivity contribution in [3.8, 4) is 11.5 Å². The Balaban J connectivity index is 1.37. The predicted octanol–water partition coefficient (Wildman–Crippen LogP) is 5.43. The van der Waals surface area contributed by atoms with E-state index in [0.717, 1.165) is 17.5 Å². The van der Waals surface area contributed by atoms with E-state index in [1.807, 2.05) is 36.4 Å². The molecule has 0 aliphatic carbocycles. The SMILES string of the molecule is COc1cc(C[C@H]2SC(=S)N(CCc3ccccc3)C2=O)ccc1OCc1ccc(F)cc1. The van der Waals surface area contributed by atoms with E-state index in [1.165, 1.54) is 29.5 Å². The highest BCUT2D eigenvalue weighted by Crippen LogP contribution is 2.33. The number of ether oxygens (including phenoxy) is 2. The van der Waals surface area contributed by atoms with Gasteiger partial charge >= 0.3 is 0 Å². The third-order valence-corrected chi connectivity index (χ3v) is 7.01. The number of rotatable bonds is 9. The van der Waals surface area contributed by atoms with Gasteiger partial charge in [0.1, 0.15) is 16.7 Å². The Morgan fingerprint density at radius 2 is 1.70 bits per heavy atom. The molecule has 3 aromatic rings. The summed E-state index contributed by atoms with van der Waals surface area (Å²) in [6.45, 7) is 0.891. The molecule has 1 atom stereocenters. The van der Waals surface area contributed by atoms with Gasteiger partial charge in [-0.25, -0.2) is 4.39 Å². The van der Waals surface area contributed by atoms with Gasteiger partial charge in [0.25, 0.3) is 0 Å². The van der Waals surface area contributed by atoms with Crippen molar-refractivity contribution in [2.24, 2.45) is 0 Å². The fourth-order valence-electron chi connectivity index (χ4n) is 3.63. The van der Waals surface area contributed by atoms with E-state index in [9.17, 15) is 9.18 Å². The van der Waals surface area contributed by atoms with E-state index < -0.39 is 0 Å². The summed E-state index contributed by atoms with van der Waals surface area (Å²) in [6, 6.07) is 21.9. The average Bonchev–Trinajstić information content (AvgIpc) is 3.10. The van der Waals surface area contributed by atoms with Crippen molar-refractivity contribution in [2.75, 3.05) is 13.7 Å². The molecule has 0 radical (unpaired) electrons. The second-order valence-corrected chi connectivity index (χ2v) is 9.54. The number of benzene rings is 3. The van der Waals surface area contributed by atoms with Crippen LogP contribution in [0.1, 0.15) is 16.7 Å². The molecule has 1 aliphatic rings. The Hall–Kier alpha value is -2.90. The van der Waals surface area contributed by atoms with Gasteiger partial charge in [-0.1, -0.05) is 72.5 Å². The lowest BCUT2D eigenvalue weighted by molar-refractivity contribution is -0.126. The van der Waals surface area contributed by atoms with Crippen LogP contribution in [0.15, 0.2) is 72.8 Å². The number of thiocarbonyl (C=S) groups is 1. The molecule has 1 aliphatic heterocycles. The van der Waals surface area contributed by atoms with Crippen molar-refractivity contribution >= 4 is 34.2 Å². The molecule has 33 heavy (non-hydrogen) atoms. The van der Waals surface area contributed by atoms with Gasteiger partial charge in [-0.05, 0) is 53.8 Å². The first kappa shape index (κ1) is 23.3. The molecular formula is C26H24FNO3S2. The maximum absolute atomic E-state index is 13.1. The highest BCUT2D eigenvalue weighted by atomic mass is 32.2. The van der Waals surface area contributed by atoms with E-state index in [-0.39, 0.29) is 17.0 Å². The molecule has 7 heteroatoms. The Bertz CT molecular complexity index is 1120. The van der Waals surface area contributed by atoms with Crippen molar-refractivity contribution in [3.05, 3.63) is 95.3 Å². The van der Waals surface area contributed by atoms with Crippen LogP contribution in [0, 0.1) is 5.82 Å². The van der Waals surface area contributed by atoms with Gasteiger partial charge in [0.05, 0.1) is 12.4 Å². The summed E-state index contributed by atoms with van der Waals surface area (Å²) in [5, 5.41) is -0.246. The largest absolute Gasteiger partial charge is 0.493 e. The highest BCUT2D eigenvalue weighted by molar-refractivity contribution is 8.24. The molecule has 0 saturated carbocycles. The maximum atomic E-state index is 13.1. The normalized spacial score (nSPS) is 15.7. The van der Waals surface area contributed by atoms with E-state index >= 15 is 0 Å². The summed E-state index contributed by atoms with van der Waals surface area (Å²) in [5.74, 6) is 0.958. The molecule has 0 spiro atoms. The Morgan fingerprint density at radius 1 is 0.970 bits per heavy atom. The molecule has 1 heterocycles. The van der Waals surface area contributed by atoms with Crippen LogP contribution in [0.3, 0.4) is 0 Å². The molecule has 0 aromatic heterocycles. The van der Waals surface area contributed by atoms with Crippen LogP contribution in [-0.2, 0) is 24.2 Å². The number of amides is 1. The van der Waals surface area contributed by atoms with Gasteiger partial charge in [0.2, 0.25) is 5.91 Å². The molecule has 0 unspecified atom stereocenters. The summed E-state index contributed by atoms with van der Waals surface area (Å²) in [4.78, 5) is 14.7. The van der Waals surface area contributed by atoms with Gasteiger partial charge < -0.3 is 9.47 Å². The maximum Gasteiger partial charge on any atom is 0.241 e. The van der Waals surface area contributed by atoms with Crippen LogP contribution in [0.4, 0.5) is 4.39 Å². The molecule has 0 N–H and O–H groups in total. The van der Waals surface area contributed by atoms with E-state index in [4.69, 9.17) is 21.7 Å². The fraction of sp³-hybridized carbons (Fsp3) is 0.231. The van der Waals surface area contributed by atoms with Gasteiger partial charge in [0.15, 0.2) is 11.5 Å². The van der Waals surface area contributed by atoms with Crippen LogP contribution >= 0.6 is 24.0 Å². The van der Waals surface area contributed by atoms with Crippen LogP contribution < -0.4 is 9.47 Å². The summed E-state index contributed by atoms with van der Waals surface area (Å²) >= 11 is 6.93. The van der Waals surface area contributed by atoms with Gasteiger partial charge in [-0.3, -0.25) is 9.69 Å². The fourth-order valence-corrected chi connectivity index (χ4v) is 5.22. The minimum absolute atomic E-state index is 0.0523. The van der Waals surface area contributed by atoms with Crippen LogP contribution in [0.25, 0.3) is 0 Å². The lowest BCUT2D eigenvalue weighted by Gasteiger charge is -2.16. The molecule has 170 valence electrons. The predicted molar refractivity (Wildman–Crippen MR) is 133 cm³/mol. The first-order valence-electron chi connectivity index (χ1n) is 10.6. The summed E-state index contributed by atoms with van der Waals surface area (Å²) < 4.78 is 25.1. The van der Waals surface area contributed by atoms with Crippen molar-refractivity contribution in [3.63, 3.8) is 0 Å². The van der Waals surface area contributed by atoms with E-state index in [1.54, 1.807) is 24.1 Å². The van der Waals surface area contributed by atoms with Crippen molar-refractivity contribution < 1.29 is 18.7 Å². The van der Waals surface area contributed by atoms with Gasteiger partial charge in [0, 0.05) is 6.54 Å². The standard InChI is InChI=1S/C26H24FNO3S2/c1-30-23-15-20(9-12-22(23)31-17-19-7-10-21(27)11-8-19)16-24-25(29)28(26(32)33-24)14-13-18-5-3-2-4-6-18/h2-12,15,24H,13-14,16-17H2,1H3/t24-/m1/s1. The molecule has 1 fully saturated rings. The number of nitrogens with zero attached hydrogens (tertiary/aromatic N) is 1. The highest BCUT2D eigenvalue weighted by Gasteiger charge is 2.36. The lowest BCUT2D eigenvalue weighted by Crippen LogP contribution is -2.33. The number of hydrogen-bond acceptors (Lipinski definition) is 5. The molecule has 1 saturated heterocycles. The zero-order chi connectivity index (χ0) is 23.2. The third-order valence-electron chi connectivity index (χ3n) is 5.43. The van der Waals surface area contributed by atoms with Crippen molar-refractivity contribution in [1.29, 1.82) is 0 Å². The zero-order valence-electron chi connectivity index (χ0n) is 18.2. The zero-order valence-corrected chi connectivity index (χ0v) is 19.8. The molecule has 4 rings (SSSR count). The second kappa shape index (κ2) is 10.8. The van der Waals surface area contributed by atoms with Crippen LogP contribution in [-0.4, -0.2) is 34.0 Å². The number of methoxy groups -OCH3 is 1. The number of carbonyl (C=O) groups excluding carboxylic acids is 1. The van der Waals surface area contributed by atoms with E-state index in [0.29, 0.717) is 35.4 Å². The summed E-state index contributed by atoms with van der Waals surface area (Å²) in [6.07, 6.45) is 1.33. The Kier molecular flexibility index (Phi) is 7.62. The second-order valence-electron chi connectivity index (χ2n) is 7.70. The van der Waals surface area contributed by atoms with Crippen LogP contribution in [0.5, 0.6) is 11.5 Å². The number of carbonyl (C=O) groups is 1. The molecule has 0 bridgehead atoms. The lowest BCUT2D eigenvalue weighted by atomic mass is 10.1. The minimum atomic E-state index is -0.280. The van der Waals surface area contributed by atoms with Crippen molar-refractivity contribution in [2.45, 2.75) is 24.7 Å².